The number of thiophene rings is 1. The van der Waals surface area contributed by atoms with E-state index in [9.17, 15) is 9.59 Å². The number of hydrogen-bond acceptors (Lipinski definition) is 4. The molecule has 1 unspecified atom stereocenters. The molecular formula is C21H27NO3S. The summed E-state index contributed by atoms with van der Waals surface area (Å²) in [5.41, 5.74) is 1.24. The molecule has 4 fully saturated rings. The first-order valence-electron chi connectivity index (χ1n) is 10.1. The fraction of sp³-hybridized carbons (Fsp3) is 0.714. The van der Waals surface area contributed by atoms with Crippen molar-refractivity contribution in [1.82, 2.24) is 4.90 Å². The van der Waals surface area contributed by atoms with Crippen LogP contribution in [0.4, 0.5) is 0 Å². The number of esters is 1. The number of carbonyl (C=O) groups excluding carboxylic acids is 2. The third kappa shape index (κ3) is 2.79. The maximum Gasteiger partial charge on any atom is 0.310 e. The highest BCUT2D eigenvalue weighted by molar-refractivity contribution is 7.10. The van der Waals surface area contributed by atoms with E-state index in [0.717, 1.165) is 24.8 Å². The molecule has 1 aromatic rings. The Bertz CT molecular complexity index is 699. The van der Waals surface area contributed by atoms with Crippen LogP contribution < -0.4 is 0 Å². The molecule has 5 aliphatic rings. The molecule has 0 aromatic carbocycles. The molecule has 6 rings (SSSR count). The highest BCUT2D eigenvalue weighted by Crippen LogP contribution is 2.56. The summed E-state index contributed by atoms with van der Waals surface area (Å²) in [6.07, 6.45) is 6.41. The van der Waals surface area contributed by atoms with Gasteiger partial charge in [-0.2, -0.15) is 0 Å². The molecule has 4 saturated carbocycles. The fourth-order valence-corrected chi connectivity index (χ4v) is 7.20. The summed E-state index contributed by atoms with van der Waals surface area (Å²) in [6, 6.07) is 2.10. The monoisotopic (exact) mass is 373 g/mol. The first-order chi connectivity index (χ1) is 12.6. The molecule has 0 radical (unpaired) electrons. The normalized spacial score (nSPS) is 35.9. The largest absolute Gasteiger partial charge is 0.452 e. The van der Waals surface area contributed by atoms with Crippen molar-refractivity contribution < 1.29 is 14.3 Å². The molecule has 0 N–H and O–H groups in total. The Morgan fingerprint density at radius 3 is 2.54 bits per heavy atom. The van der Waals surface area contributed by atoms with Crippen molar-refractivity contribution in [2.75, 3.05) is 6.54 Å². The van der Waals surface area contributed by atoms with Crippen molar-refractivity contribution in [3.63, 3.8) is 0 Å². The molecule has 26 heavy (non-hydrogen) atoms. The first-order valence-corrected chi connectivity index (χ1v) is 11.0. The third-order valence-corrected chi connectivity index (χ3v) is 8.28. The number of ether oxygens (including phenoxy) is 1. The van der Waals surface area contributed by atoms with E-state index >= 15 is 0 Å². The van der Waals surface area contributed by atoms with Crippen molar-refractivity contribution in [3.05, 3.63) is 21.9 Å². The molecule has 1 atom stereocenters. The molecule has 1 amide bonds. The van der Waals surface area contributed by atoms with Crippen LogP contribution in [0, 0.1) is 29.6 Å². The second-order valence-electron chi connectivity index (χ2n) is 8.91. The van der Waals surface area contributed by atoms with Gasteiger partial charge >= 0.3 is 5.97 Å². The summed E-state index contributed by atoms with van der Waals surface area (Å²) >= 11 is 1.77. The zero-order valence-corrected chi connectivity index (χ0v) is 16.2. The molecule has 140 valence electrons. The number of rotatable bonds is 3. The van der Waals surface area contributed by atoms with Gasteiger partial charge in [-0.25, -0.2) is 0 Å². The number of fused-ring (bicyclic) bond motifs is 1. The highest BCUT2D eigenvalue weighted by Gasteiger charge is 2.51. The second kappa shape index (κ2) is 6.36. The van der Waals surface area contributed by atoms with Crippen molar-refractivity contribution in [2.24, 2.45) is 29.6 Å². The van der Waals surface area contributed by atoms with Crippen molar-refractivity contribution >= 4 is 23.2 Å². The van der Waals surface area contributed by atoms with Gasteiger partial charge in [0.25, 0.3) is 5.91 Å². The first kappa shape index (κ1) is 16.8. The molecule has 4 aliphatic carbocycles. The summed E-state index contributed by atoms with van der Waals surface area (Å²) in [7, 11) is 0. The molecule has 5 heteroatoms. The molecule has 1 aliphatic heterocycles. The number of hydrogen-bond donors (Lipinski definition) is 0. The molecule has 0 saturated heterocycles. The zero-order valence-electron chi connectivity index (χ0n) is 15.4. The third-order valence-electron chi connectivity index (χ3n) is 7.26. The van der Waals surface area contributed by atoms with Gasteiger partial charge in [-0.05, 0) is 86.1 Å². The summed E-state index contributed by atoms with van der Waals surface area (Å²) in [6.45, 7) is 3.13. The van der Waals surface area contributed by atoms with E-state index in [2.05, 4.69) is 11.4 Å². The second-order valence-corrected chi connectivity index (χ2v) is 9.92. The Balaban J connectivity index is 1.22. The lowest BCUT2D eigenvalue weighted by molar-refractivity contribution is -0.173. The van der Waals surface area contributed by atoms with Crippen LogP contribution in [0.5, 0.6) is 0 Å². The van der Waals surface area contributed by atoms with Gasteiger partial charge in [-0.1, -0.05) is 0 Å². The van der Waals surface area contributed by atoms with Crippen LogP contribution in [0.2, 0.25) is 0 Å². The van der Waals surface area contributed by atoms with Gasteiger partial charge < -0.3 is 9.64 Å². The van der Waals surface area contributed by atoms with Crippen LogP contribution >= 0.6 is 11.3 Å². The molecule has 2 heterocycles. The number of amides is 1. The smallest absolute Gasteiger partial charge is 0.310 e. The van der Waals surface area contributed by atoms with Gasteiger partial charge in [0.1, 0.15) is 0 Å². The van der Waals surface area contributed by atoms with E-state index in [1.165, 1.54) is 42.5 Å². The molecule has 0 spiro atoms. The Hall–Kier alpha value is -1.36. The lowest BCUT2D eigenvalue weighted by Gasteiger charge is -2.53. The van der Waals surface area contributed by atoms with Gasteiger partial charge in [0.2, 0.25) is 0 Å². The molecule has 4 bridgehead atoms. The summed E-state index contributed by atoms with van der Waals surface area (Å²) in [4.78, 5) is 28.9. The van der Waals surface area contributed by atoms with Gasteiger partial charge in [0.15, 0.2) is 6.10 Å². The quantitative estimate of drug-likeness (QED) is 0.760. The van der Waals surface area contributed by atoms with Crippen LogP contribution in [0.25, 0.3) is 0 Å². The van der Waals surface area contributed by atoms with Crippen LogP contribution in [-0.4, -0.2) is 29.4 Å². The van der Waals surface area contributed by atoms with Gasteiger partial charge in [0, 0.05) is 18.0 Å². The Kier molecular flexibility index (Phi) is 4.11. The van der Waals surface area contributed by atoms with Crippen LogP contribution in [-0.2, 0) is 27.3 Å². The SMILES string of the molecule is CC(OC(=O)C1C2CC3CC(C2)CC1C3)C(=O)N1CCc2sccc2C1. The van der Waals surface area contributed by atoms with Crippen LogP contribution in [0.15, 0.2) is 11.4 Å². The maximum absolute atomic E-state index is 12.9. The van der Waals surface area contributed by atoms with E-state index in [4.69, 9.17) is 4.74 Å². The van der Waals surface area contributed by atoms with Crippen molar-refractivity contribution in [2.45, 2.75) is 58.1 Å². The van der Waals surface area contributed by atoms with E-state index < -0.39 is 6.10 Å². The topological polar surface area (TPSA) is 46.6 Å². The minimum absolute atomic E-state index is 0.0426. The number of nitrogens with zero attached hydrogens (tertiary/aromatic N) is 1. The van der Waals surface area contributed by atoms with Gasteiger partial charge in [-0.15, -0.1) is 11.3 Å². The van der Waals surface area contributed by atoms with Crippen molar-refractivity contribution in [1.29, 1.82) is 0 Å². The predicted molar refractivity (Wildman–Crippen MR) is 99.5 cm³/mol. The molecular weight excluding hydrogens is 346 g/mol. The van der Waals surface area contributed by atoms with Crippen LogP contribution in [0.3, 0.4) is 0 Å². The lowest BCUT2D eigenvalue weighted by Crippen LogP contribution is -2.50. The molecule has 1 aromatic heterocycles. The van der Waals surface area contributed by atoms with Gasteiger partial charge in [0.05, 0.1) is 5.92 Å². The summed E-state index contributed by atoms with van der Waals surface area (Å²) in [5, 5.41) is 2.09. The van der Waals surface area contributed by atoms with E-state index in [-0.39, 0.29) is 17.8 Å². The minimum Gasteiger partial charge on any atom is -0.452 e. The Labute approximate surface area is 158 Å². The number of carbonyl (C=O) groups is 2. The average molecular weight is 374 g/mol. The lowest BCUT2D eigenvalue weighted by atomic mass is 9.52. The van der Waals surface area contributed by atoms with E-state index in [0.29, 0.717) is 18.4 Å². The van der Waals surface area contributed by atoms with E-state index in [1.807, 2.05) is 4.90 Å². The Morgan fingerprint density at radius 1 is 1.15 bits per heavy atom. The standard InChI is InChI=1S/C21H27NO3S/c1-12(20(23)22-4-2-18-15(11-22)3-5-26-18)25-21(24)19-16-7-13-6-14(9-16)10-17(19)8-13/h3,5,12-14,16-17,19H,2,4,6-11H2,1H3. The zero-order chi connectivity index (χ0) is 17.8. The average Bonchev–Trinajstić information content (AvgIpc) is 3.07. The molecule has 4 nitrogen and oxygen atoms in total. The van der Waals surface area contributed by atoms with E-state index in [1.54, 1.807) is 18.3 Å². The summed E-state index contributed by atoms with van der Waals surface area (Å²) < 4.78 is 5.73. The fourth-order valence-electron chi connectivity index (χ4n) is 6.31. The Morgan fingerprint density at radius 2 is 1.85 bits per heavy atom. The van der Waals surface area contributed by atoms with Crippen LogP contribution in [0.1, 0.15) is 49.5 Å². The van der Waals surface area contributed by atoms with Gasteiger partial charge in [-0.3, -0.25) is 9.59 Å². The summed E-state index contributed by atoms with van der Waals surface area (Å²) in [5.74, 6) is 2.59. The predicted octanol–water partition coefficient (Wildman–Crippen LogP) is 3.64. The van der Waals surface area contributed by atoms with Crippen molar-refractivity contribution in [3.8, 4) is 0 Å². The minimum atomic E-state index is -0.667. The maximum atomic E-state index is 12.9. The highest BCUT2D eigenvalue weighted by atomic mass is 32.1.